The minimum absolute atomic E-state index is 0.634. The van der Waals surface area contributed by atoms with Crippen molar-refractivity contribution < 1.29 is 0 Å². The number of anilines is 1. The Labute approximate surface area is 166 Å². The van der Waals surface area contributed by atoms with Crippen LogP contribution in [0.5, 0.6) is 0 Å². The van der Waals surface area contributed by atoms with Crippen LogP contribution in [0.2, 0.25) is 5.02 Å². The Balaban J connectivity index is 1.55. The van der Waals surface area contributed by atoms with E-state index in [1.54, 1.807) is 7.05 Å². The Kier molecular flexibility index (Phi) is 7.34. The molecule has 0 saturated carbocycles. The molecule has 2 N–H and O–H groups in total. The van der Waals surface area contributed by atoms with Gasteiger partial charge in [0.2, 0.25) is 0 Å². The highest BCUT2D eigenvalue weighted by atomic mass is 35.5. The molecule has 27 heavy (non-hydrogen) atoms. The molecule has 1 fully saturated rings. The summed E-state index contributed by atoms with van der Waals surface area (Å²) < 4.78 is 0. The standard InChI is InChI=1S/C21H28ClN5/c1-23-21(26-16-18-8-4-5-9-19(18)22)25-15-17-10-11-24-20(14-17)27-12-6-2-3-7-13-27/h4-5,8-11,14H,2-3,6-7,12-13,15-16H2,1H3,(H2,23,25,26). The Morgan fingerprint density at radius 3 is 2.56 bits per heavy atom. The van der Waals surface area contributed by atoms with Gasteiger partial charge in [-0.05, 0) is 42.2 Å². The molecule has 6 heteroatoms. The molecule has 0 radical (unpaired) electrons. The van der Waals surface area contributed by atoms with Crippen molar-refractivity contribution in [3.8, 4) is 0 Å². The maximum absolute atomic E-state index is 6.21. The van der Waals surface area contributed by atoms with Gasteiger partial charge < -0.3 is 15.5 Å². The van der Waals surface area contributed by atoms with E-state index in [-0.39, 0.29) is 0 Å². The summed E-state index contributed by atoms with van der Waals surface area (Å²) in [5.74, 6) is 1.83. The zero-order valence-corrected chi connectivity index (χ0v) is 16.7. The van der Waals surface area contributed by atoms with E-state index < -0.39 is 0 Å². The quantitative estimate of drug-likeness (QED) is 0.603. The van der Waals surface area contributed by atoms with Crippen LogP contribution in [-0.4, -0.2) is 31.1 Å². The van der Waals surface area contributed by atoms with Crippen LogP contribution in [0.1, 0.15) is 36.8 Å². The Bertz CT molecular complexity index is 754. The van der Waals surface area contributed by atoms with Crippen molar-refractivity contribution in [1.29, 1.82) is 0 Å². The highest BCUT2D eigenvalue weighted by Crippen LogP contribution is 2.18. The van der Waals surface area contributed by atoms with Crippen molar-refractivity contribution in [3.05, 3.63) is 58.7 Å². The maximum Gasteiger partial charge on any atom is 0.191 e. The fraction of sp³-hybridized carbons (Fsp3) is 0.429. The third-order valence-electron chi connectivity index (χ3n) is 4.83. The smallest absolute Gasteiger partial charge is 0.191 e. The van der Waals surface area contributed by atoms with E-state index in [1.807, 2.05) is 30.5 Å². The van der Waals surface area contributed by atoms with Crippen molar-refractivity contribution in [2.45, 2.75) is 38.8 Å². The number of rotatable bonds is 5. The number of hydrogen-bond donors (Lipinski definition) is 2. The predicted octanol–water partition coefficient (Wildman–Crippen LogP) is 3.98. The first-order valence-corrected chi connectivity index (χ1v) is 10.0. The van der Waals surface area contributed by atoms with Crippen LogP contribution in [0, 0.1) is 0 Å². The van der Waals surface area contributed by atoms with Crippen LogP contribution >= 0.6 is 11.6 Å². The SMILES string of the molecule is CN=C(NCc1ccnc(N2CCCCCC2)c1)NCc1ccccc1Cl. The molecule has 0 amide bonds. The van der Waals surface area contributed by atoms with Crippen molar-refractivity contribution in [2.24, 2.45) is 4.99 Å². The van der Waals surface area contributed by atoms with Gasteiger partial charge in [-0.1, -0.05) is 42.6 Å². The van der Waals surface area contributed by atoms with Gasteiger partial charge in [0, 0.05) is 44.4 Å². The summed E-state index contributed by atoms with van der Waals surface area (Å²) in [6.45, 7) is 3.54. The number of guanidine groups is 1. The highest BCUT2D eigenvalue weighted by molar-refractivity contribution is 6.31. The lowest BCUT2D eigenvalue weighted by atomic mass is 10.2. The summed E-state index contributed by atoms with van der Waals surface area (Å²) in [6.07, 6.45) is 7.05. The first kappa shape index (κ1) is 19.5. The van der Waals surface area contributed by atoms with Crippen LogP contribution in [0.3, 0.4) is 0 Å². The average molecular weight is 386 g/mol. The first-order chi connectivity index (χ1) is 13.3. The molecule has 2 heterocycles. The number of pyridine rings is 1. The summed E-state index contributed by atoms with van der Waals surface area (Å²) in [4.78, 5) is 11.3. The highest BCUT2D eigenvalue weighted by Gasteiger charge is 2.11. The van der Waals surface area contributed by atoms with Gasteiger partial charge in [0.25, 0.3) is 0 Å². The number of nitrogens with zero attached hydrogens (tertiary/aromatic N) is 3. The second-order valence-corrected chi connectivity index (χ2v) is 7.20. The zero-order valence-electron chi connectivity index (χ0n) is 15.9. The van der Waals surface area contributed by atoms with Gasteiger partial charge in [0.05, 0.1) is 0 Å². The van der Waals surface area contributed by atoms with Crippen LogP contribution in [0.25, 0.3) is 0 Å². The van der Waals surface area contributed by atoms with E-state index in [0.717, 1.165) is 35.5 Å². The number of hydrogen-bond acceptors (Lipinski definition) is 3. The van der Waals surface area contributed by atoms with Gasteiger partial charge in [0.15, 0.2) is 5.96 Å². The lowest BCUT2D eigenvalue weighted by Gasteiger charge is -2.22. The summed E-state index contributed by atoms with van der Waals surface area (Å²) in [5.41, 5.74) is 2.25. The topological polar surface area (TPSA) is 52.6 Å². The summed E-state index contributed by atoms with van der Waals surface area (Å²) in [6, 6.07) is 12.1. The minimum atomic E-state index is 0.634. The summed E-state index contributed by atoms with van der Waals surface area (Å²) in [5, 5.41) is 7.44. The van der Waals surface area contributed by atoms with E-state index in [1.165, 1.54) is 31.2 Å². The van der Waals surface area contributed by atoms with Gasteiger partial charge >= 0.3 is 0 Å². The lowest BCUT2D eigenvalue weighted by Crippen LogP contribution is -2.36. The molecule has 1 saturated heterocycles. The lowest BCUT2D eigenvalue weighted by molar-refractivity contribution is 0.726. The van der Waals surface area contributed by atoms with Crippen molar-refractivity contribution in [1.82, 2.24) is 15.6 Å². The molecule has 2 aromatic rings. The van der Waals surface area contributed by atoms with E-state index >= 15 is 0 Å². The molecule has 0 atom stereocenters. The second-order valence-electron chi connectivity index (χ2n) is 6.79. The van der Waals surface area contributed by atoms with E-state index in [2.05, 4.69) is 37.6 Å². The van der Waals surface area contributed by atoms with Crippen LogP contribution in [0.15, 0.2) is 47.6 Å². The number of nitrogens with one attached hydrogen (secondary N) is 2. The molecule has 0 bridgehead atoms. The van der Waals surface area contributed by atoms with E-state index in [0.29, 0.717) is 13.1 Å². The summed E-state index contributed by atoms with van der Waals surface area (Å²) >= 11 is 6.21. The zero-order chi connectivity index (χ0) is 18.9. The van der Waals surface area contributed by atoms with Gasteiger partial charge in [0.1, 0.15) is 5.82 Å². The Morgan fingerprint density at radius 2 is 1.81 bits per heavy atom. The molecule has 5 nitrogen and oxygen atoms in total. The molecule has 3 rings (SSSR count). The molecule has 1 aliphatic heterocycles. The average Bonchev–Trinajstić information content (AvgIpc) is 2.99. The van der Waals surface area contributed by atoms with Crippen molar-refractivity contribution >= 4 is 23.4 Å². The van der Waals surface area contributed by atoms with Crippen LogP contribution in [-0.2, 0) is 13.1 Å². The van der Waals surface area contributed by atoms with E-state index in [9.17, 15) is 0 Å². The van der Waals surface area contributed by atoms with Gasteiger partial charge in [-0.15, -0.1) is 0 Å². The van der Waals surface area contributed by atoms with Gasteiger partial charge in [-0.2, -0.15) is 0 Å². The first-order valence-electron chi connectivity index (χ1n) is 9.64. The number of aromatic nitrogens is 1. The maximum atomic E-state index is 6.21. The Hall–Kier alpha value is -2.27. The molecule has 0 spiro atoms. The van der Waals surface area contributed by atoms with Crippen LogP contribution < -0.4 is 15.5 Å². The third-order valence-corrected chi connectivity index (χ3v) is 5.20. The molecule has 0 aliphatic carbocycles. The van der Waals surface area contributed by atoms with Crippen molar-refractivity contribution in [3.63, 3.8) is 0 Å². The van der Waals surface area contributed by atoms with E-state index in [4.69, 9.17) is 11.6 Å². The molecule has 1 aromatic heterocycles. The molecular formula is C21H28ClN5. The molecule has 144 valence electrons. The molecule has 0 unspecified atom stereocenters. The minimum Gasteiger partial charge on any atom is -0.357 e. The monoisotopic (exact) mass is 385 g/mol. The normalized spacial score (nSPS) is 15.3. The fourth-order valence-corrected chi connectivity index (χ4v) is 3.47. The van der Waals surface area contributed by atoms with Gasteiger partial charge in [-0.25, -0.2) is 4.98 Å². The fourth-order valence-electron chi connectivity index (χ4n) is 3.27. The number of halogens is 1. The summed E-state index contributed by atoms with van der Waals surface area (Å²) in [7, 11) is 1.77. The largest absolute Gasteiger partial charge is 0.357 e. The molecule has 1 aromatic carbocycles. The molecular weight excluding hydrogens is 358 g/mol. The third kappa shape index (κ3) is 5.86. The Morgan fingerprint density at radius 1 is 1.07 bits per heavy atom. The van der Waals surface area contributed by atoms with Crippen LogP contribution in [0.4, 0.5) is 5.82 Å². The van der Waals surface area contributed by atoms with Gasteiger partial charge in [-0.3, -0.25) is 4.99 Å². The second kappa shape index (κ2) is 10.2. The molecule has 1 aliphatic rings. The predicted molar refractivity (Wildman–Crippen MR) is 113 cm³/mol. The number of benzene rings is 1. The van der Waals surface area contributed by atoms with Crippen molar-refractivity contribution in [2.75, 3.05) is 25.0 Å². The number of aliphatic imine (C=N–C) groups is 1.